The van der Waals surface area contributed by atoms with Crippen LogP contribution in [0, 0.1) is 6.92 Å². The summed E-state index contributed by atoms with van der Waals surface area (Å²) < 4.78 is 37.7. The normalized spacial score (nSPS) is 11.4. The zero-order valence-corrected chi connectivity index (χ0v) is 9.52. The van der Waals surface area contributed by atoms with Crippen LogP contribution in [0.25, 0.3) is 0 Å². The van der Waals surface area contributed by atoms with Crippen molar-refractivity contribution < 1.29 is 22.8 Å². The summed E-state index contributed by atoms with van der Waals surface area (Å²) in [6, 6.07) is 1.71. The Hall–Kier alpha value is -1.36. The summed E-state index contributed by atoms with van der Waals surface area (Å²) in [5, 5.41) is 0. The molecule has 0 bridgehead atoms. The third-order valence-electron chi connectivity index (χ3n) is 2.25. The number of hydrogen-bond acceptors (Lipinski definition) is 2. The van der Waals surface area contributed by atoms with E-state index in [0.29, 0.717) is 6.07 Å². The molecule has 0 N–H and O–H groups in total. The molecule has 0 unspecified atom stereocenters. The number of ketones is 1. The van der Waals surface area contributed by atoms with Crippen LogP contribution in [-0.2, 0) is 6.18 Å². The van der Waals surface area contributed by atoms with Crippen LogP contribution in [-0.4, -0.2) is 17.9 Å². The van der Waals surface area contributed by atoms with Crippen molar-refractivity contribution in [2.75, 3.05) is 5.88 Å². The van der Waals surface area contributed by atoms with E-state index in [1.165, 1.54) is 6.92 Å². The number of carbonyl (C=O) groups is 2. The van der Waals surface area contributed by atoms with E-state index in [9.17, 15) is 22.8 Å². The molecule has 0 fully saturated rings. The lowest BCUT2D eigenvalue weighted by Crippen LogP contribution is -2.12. The molecule has 0 saturated heterocycles. The summed E-state index contributed by atoms with van der Waals surface area (Å²) in [5.41, 5.74) is -1.42. The minimum Gasteiger partial charge on any atom is -0.298 e. The van der Waals surface area contributed by atoms with Crippen LogP contribution in [0.2, 0.25) is 0 Å². The van der Waals surface area contributed by atoms with Gasteiger partial charge in [-0.3, -0.25) is 9.59 Å². The van der Waals surface area contributed by atoms with Crippen molar-refractivity contribution in [1.29, 1.82) is 0 Å². The van der Waals surface area contributed by atoms with Gasteiger partial charge in [-0.1, -0.05) is 0 Å². The van der Waals surface area contributed by atoms with Gasteiger partial charge in [-0.15, -0.1) is 11.6 Å². The van der Waals surface area contributed by atoms with Gasteiger partial charge in [0.25, 0.3) is 0 Å². The highest BCUT2D eigenvalue weighted by Crippen LogP contribution is 2.33. The van der Waals surface area contributed by atoms with Crippen molar-refractivity contribution in [3.05, 3.63) is 34.4 Å². The summed E-state index contributed by atoms with van der Waals surface area (Å²) in [7, 11) is 0. The van der Waals surface area contributed by atoms with E-state index < -0.39 is 17.5 Å². The molecule has 6 heteroatoms. The lowest BCUT2D eigenvalue weighted by Gasteiger charge is -2.12. The molecule has 0 radical (unpaired) electrons. The van der Waals surface area contributed by atoms with Gasteiger partial charge < -0.3 is 0 Å². The van der Waals surface area contributed by atoms with Gasteiger partial charge in [0.15, 0.2) is 12.1 Å². The molecular weight excluding hydrogens is 257 g/mol. The largest absolute Gasteiger partial charge is 0.416 e. The average Bonchev–Trinajstić information content (AvgIpc) is 2.26. The lowest BCUT2D eigenvalue weighted by atomic mass is 9.97. The average molecular weight is 265 g/mol. The topological polar surface area (TPSA) is 34.1 Å². The third kappa shape index (κ3) is 2.85. The highest BCUT2D eigenvalue weighted by Gasteiger charge is 2.33. The molecule has 1 aromatic rings. The molecule has 0 saturated carbocycles. The SMILES string of the molecule is Cc1cc(C(=O)CCl)c(C=O)cc1C(F)(F)F. The fourth-order valence-electron chi connectivity index (χ4n) is 1.44. The number of aldehydes is 1. The Morgan fingerprint density at radius 2 is 2.00 bits per heavy atom. The second-order valence-corrected chi connectivity index (χ2v) is 3.69. The first-order valence-electron chi connectivity index (χ1n) is 4.57. The first-order valence-corrected chi connectivity index (χ1v) is 5.11. The smallest absolute Gasteiger partial charge is 0.298 e. The predicted molar refractivity (Wildman–Crippen MR) is 56.6 cm³/mol. The van der Waals surface area contributed by atoms with Gasteiger partial charge in [-0.05, 0) is 24.6 Å². The first kappa shape index (κ1) is 13.7. The second kappa shape index (κ2) is 4.87. The maximum Gasteiger partial charge on any atom is 0.416 e. The van der Waals surface area contributed by atoms with E-state index in [-0.39, 0.29) is 28.9 Å². The van der Waals surface area contributed by atoms with Gasteiger partial charge in [0.2, 0.25) is 0 Å². The van der Waals surface area contributed by atoms with Gasteiger partial charge in [0.1, 0.15) is 0 Å². The van der Waals surface area contributed by atoms with E-state index in [2.05, 4.69) is 0 Å². The first-order chi connectivity index (χ1) is 7.81. The van der Waals surface area contributed by atoms with Gasteiger partial charge >= 0.3 is 6.18 Å². The van der Waals surface area contributed by atoms with E-state index in [1.54, 1.807) is 0 Å². The van der Waals surface area contributed by atoms with E-state index in [0.717, 1.165) is 6.07 Å². The van der Waals surface area contributed by atoms with Gasteiger partial charge in [0, 0.05) is 11.1 Å². The molecule has 0 atom stereocenters. The Labute approximate surface area is 100 Å². The summed E-state index contributed by atoms with van der Waals surface area (Å²) in [4.78, 5) is 22.0. The van der Waals surface area contributed by atoms with Crippen molar-refractivity contribution in [2.45, 2.75) is 13.1 Å². The Bertz CT molecular complexity index is 467. The number of benzene rings is 1. The highest BCUT2D eigenvalue weighted by atomic mass is 35.5. The molecule has 0 aliphatic heterocycles. The third-order valence-corrected chi connectivity index (χ3v) is 2.49. The summed E-state index contributed by atoms with van der Waals surface area (Å²) in [5.74, 6) is -0.961. The number of rotatable bonds is 3. The van der Waals surface area contributed by atoms with Crippen LogP contribution in [0.1, 0.15) is 31.8 Å². The summed E-state index contributed by atoms with van der Waals surface area (Å²) in [6.45, 7) is 1.22. The van der Waals surface area contributed by atoms with Crippen LogP contribution in [0.15, 0.2) is 12.1 Å². The number of halogens is 4. The van der Waals surface area contributed by atoms with Crippen LogP contribution in [0.5, 0.6) is 0 Å². The van der Waals surface area contributed by atoms with Crippen molar-refractivity contribution in [3.8, 4) is 0 Å². The van der Waals surface area contributed by atoms with Gasteiger partial charge in [0.05, 0.1) is 11.4 Å². The highest BCUT2D eigenvalue weighted by molar-refractivity contribution is 6.31. The number of hydrogen-bond donors (Lipinski definition) is 0. The zero-order valence-electron chi connectivity index (χ0n) is 8.77. The molecule has 0 amide bonds. The van der Waals surface area contributed by atoms with Crippen molar-refractivity contribution >= 4 is 23.7 Å². The lowest BCUT2D eigenvalue weighted by molar-refractivity contribution is -0.138. The molecular formula is C11H8ClF3O2. The van der Waals surface area contributed by atoms with E-state index in [4.69, 9.17) is 11.6 Å². The molecule has 2 nitrogen and oxygen atoms in total. The monoisotopic (exact) mass is 264 g/mol. The van der Waals surface area contributed by atoms with Crippen LogP contribution >= 0.6 is 11.6 Å². The van der Waals surface area contributed by atoms with Gasteiger partial charge in [-0.25, -0.2) is 0 Å². The molecule has 17 heavy (non-hydrogen) atoms. The molecule has 92 valence electrons. The molecule has 1 aromatic carbocycles. The second-order valence-electron chi connectivity index (χ2n) is 3.43. The Kier molecular flexibility index (Phi) is 3.93. The zero-order chi connectivity index (χ0) is 13.2. The Morgan fingerprint density at radius 3 is 2.41 bits per heavy atom. The molecule has 0 aliphatic carbocycles. The molecule has 0 aliphatic rings. The van der Waals surface area contributed by atoms with Crippen molar-refractivity contribution in [1.82, 2.24) is 0 Å². The van der Waals surface area contributed by atoms with E-state index >= 15 is 0 Å². The Morgan fingerprint density at radius 1 is 1.41 bits per heavy atom. The minimum absolute atomic E-state index is 0.0829. The molecule has 0 spiro atoms. The number of alkyl halides is 4. The number of Topliss-reactive ketones (excluding diaryl/α,β-unsaturated/α-hetero) is 1. The quantitative estimate of drug-likeness (QED) is 0.477. The maximum atomic E-state index is 12.6. The van der Waals surface area contributed by atoms with Crippen LogP contribution in [0.3, 0.4) is 0 Å². The molecule has 0 heterocycles. The van der Waals surface area contributed by atoms with Crippen molar-refractivity contribution in [3.63, 3.8) is 0 Å². The minimum atomic E-state index is -4.55. The fourth-order valence-corrected chi connectivity index (χ4v) is 1.59. The standard InChI is InChI=1S/C11H8ClF3O2/c1-6-2-8(10(17)4-12)7(5-16)3-9(6)11(13,14)15/h2-3,5H,4H2,1H3. The summed E-state index contributed by atoms with van der Waals surface area (Å²) in [6.07, 6.45) is -4.33. The fraction of sp³-hybridized carbons (Fsp3) is 0.273. The molecule has 1 rings (SSSR count). The Balaban J connectivity index is 3.45. The van der Waals surface area contributed by atoms with Crippen LogP contribution in [0.4, 0.5) is 13.2 Å². The van der Waals surface area contributed by atoms with E-state index in [1.807, 2.05) is 0 Å². The molecule has 0 aromatic heterocycles. The van der Waals surface area contributed by atoms with Crippen molar-refractivity contribution in [2.24, 2.45) is 0 Å². The predicted octanol–water partition coefficient (Wildman–Crippen LogP) is 3.25. The van der Waals surface area contributed by atoms with Crippen LogP contribution < -0.4 is 0 Å². The summed E-state index contributed by atoms with van der Waals surface area (Å²) >= 11 is 5.31. The maximum absolute atomic E-state index is 12.6. The number of aryl methyl sites for hydroxylation is 1. The van der Waals surface area contributed by atoms with Gasteiger partial charge in [-0.2, -0.15) is 13.2 Å². The number of carbonyl (C=O) groups excluding carboxylic acids is 2.